The number of azo groups is 1. The molecular weight excluding hydrogens is 202 g/mol. The zero-order chi connectivity index (χ0) is 9.97. The maximum atomic E-state index is 10.8. The summed E-state index contributed by atoms with van der Waals surface area (Å²) in [7, 11) is 0. The van der Waals surface area contributed by atoms with Crippen molar-refractivity contribution < 1.29 is 4.79 Å². The quantitative estimate of drug-likeness (QED) is 0.699. The molecule has 4 nitrogen and oxygen atoms in total. The van der Waals surface area contributed by atoms with Crippen LogP contribution in [0.2, 0.25) is 5.02 Å². The van der Waals surface area contributed by atoms with Gasteiger partial charge >= 0.3 is 0 Å². The zero-order valence-electron chi connectivity index (χ0n) is 7.14. The normalized spacial score (nSPS) is 18.1. The van der Waals surface area contributed by atoms with E-state index in [1.54, 1.807) is 12.1 Å². The summed E-state index contributed by atoms with van der Waals surface area (Å²) in [5.41, 5.74) is 0.609. The number of carbonyl (C=O) groups is 1. The first-order valence-electron chi connectivity index (χ1n) is 4.02. The summed E-state index contributed by atoms with van der Waals surface area (Å²) in [6.07, 6.45) is 0.158. The fourth-order valence-corrected chi connectivity index (χ4v) is 1.24. The van der Waals surface area contributed by atoms with Crippen molar-refractivity contribution in [2.75, 3.05) is 0 Å². The molecule has 0 aromatic heterocycles. The van der Waals surface area contributed by atoms with Gasteiger partial charge in [-0.1, -0.05) is 23.7 Å². The number of hydrogen-bond acceptors (Lipinski definition) is 2. The first-order valence-corrected chi connectivity index (χ1v) is 4.40. The van der Waals surface area contributed by atoms with Crippen molar-refractivity contribution in [1.29, 1.82) is 0 Å². The summed E-state index contributed by atoms with van der Waals surface area (Å²) < 4.78 is 0. The van der Waals surface area contributed by atoms with Gasteiger partial charge in [-0.25, -0.2) is 4.99 Å². The molecule has 5 heteroatoms. The van der Waals surface area contributed by atoms with E-state index in [0.717, 1.165) is 0 Å². The van der Waals surface area contributed by atoms with E-state index in [4.69, 9.17) is 11.6 Å². The van der Waals surface area contributed by atoms with Gasteiger partial charge in [0, 0.05) is 0 Å². The lowest BCUT2D eigenvalue weighted by Crippen LogP contribution is -1.92. The Hall–Kier alpha value is -1.55. The van der Waals surface area contributed by atoms with Crippen molar-refractivity contribution >= 4 is 29.0 Å². The van der Waals surface area contributed by atoms with Crippen molar-refractivity contribution in [3.05, 3.63) is 29.3 Å². The van der Waals surface area contributed by atoms with Gasteiger partial charge in [-0.15, -0.1) is 10.2 Å². The molecular formula is C9H6ClN3O. The van der Waals surface area contributed by atoms with E-state index in [9.17, 15) is 4.79 Å². The number of amidine groups is 1. The van der Waals surface area contributed by atoms with E-state index in [0.29, 0.717) is 16.5 Å². The number of nitrogens with zero attached hydrogens (tertiary/aromatic N) is 3. The molecule has 1 aromatic rings. The van der Waals surface area contributed by atoms with Crippen molar-refractivity contribution in [2.45, 2.75) is 6.42 Å². The van der Waals surface area contributed by atoms with Crippen LogP contribution in [0.5, 0.6) is 0 Å². The second-order valence-corrected chi connectivity index (χ2v) is 3.16. The minimum Gasteiger partial charge on any atom is -0.270 e. The Morgan fingerprint density at radius 3 is 2.71 bits per heavy atom. The number of hydrogen-bond donors (Lipinski definition) is 0. The van der Waals surface area contributed by atoms with Gasteiger partial charge in [0.15, 0.2) is 5.84 Å². The molecule has 0 saturated heterocycles. The average molecular weight is 208 g/mol. The minimum atomic E-state index is -0.268. The molecule has 0 N–H and O–H groups in total. The Balaban J connectivity index is 2.31. The lowest BCUT2D eigenvalue weighted by Gasteiger charge is -1.96. The van der Waals surface area contributed by atoms with E-state index in [1.807, 2.05) is 12.1 Å². The molecule has 0 aliphatic carbocycles. The van der Waals surface area contributed by atoms with Crippen LogP contribution in [0, 0.1) is 0 Å². The molecule has 14 heavy (non-hydrogen) atoms. The smallest absolute Gasteiger partial charge is 0.270 e. The number of halogens is 1. The van der Waals surface area contributed by atoms with Crippen LogP contribution < -0.4 is 0 Å². The summed E-state index contributed by atoms with van der Waals surface area (Å²) in [4.78, 5) is 14.9. The van der Waals surface area contributed by atoms with Crippen LogP contribution in [0.3, 0.4) is 0 Å². The third-order valence-electron chi connectivity index (χ3n) is 1.69. The Bertz CT molecular complexity index is 439. The van der Waals surface area contributed by atoms with Gasteiger partial charge in [0.05, 0.1) is 17.1 Å². The lowest BCUT2D eigenvalue weighted by atomic mass is 10.3. The van der Waals surface area contributed by atoms with Crippen LogP contribution in [-0.2, 0) is 4.79 Å². The number of aliphatic imine (C=N–C) groups is 1. The van der Waals surface area contributed by atoms with Gasteiger partial charge in [-0.2, -0.15) is 0 Å². The molecule has 1 aliphatic heterocycles. The summed E-state index contributed by atoms with van der Waals surface area (Å²) in [6, 6.07) is 7.12. The highest BCUT2D eigenvalue weighted by Gasteiger charge is 2.13. The number of carbonyl (C=O) groups excluding carboxylic acids is 1. The molecule has 0 fully saturated rings. The summed E-state index contributed by atoms with van der Waals surface area (Å²) in [6.45, 7) is 0. The maximum absolute atomic E-state index is 10.8. The summed E-state index contributed by atoms with van der Waals surface area (Å²) in [5, 5.41) is 7.51. The first-order chi connectivity index (χ1) is 6.75. The van der Waals surface area contributed by atoms with Gasteiger partial charge < -0.3 is 0 Å². The van der Waals surface area contributed by atoms with Gasteiger partial charge in [0.25, 0.3) is 5.91 Å². The highest BCUT2D eigenvalue weighted by atomic mass is 35.5. The lowest BCUT2D eigenvalue weighted by molar-refractivity contribution is -0.116. The Labute approximate surface area is 85.3 Å². The number of amides is 1. The Morgan fingerprint density at radius 2 is 2.07 bits per heavy atom. The maximum Gasteiger partial charge on any atom is 0.272 e. The molecule has 0 unspecified atom stereocenters. The molecule has 0 spiro atoms. The number of rotatable bonds is 1. The van der Waals surface area contributed by atoms with Gasteiger partial charge in [-0.3, -0.25) is 4.79 Å². The van der Waals surface area contributed by atoms with E-state index in [1.165, 1.54) is 0 Å². The van der Waals surface area contributed by atoms with E-state index >= 15 is 0 Å². The second kappa shape index (κ2) is 3.67. The second-order valence-electron chi connectivity index (χ2n) is 2.75. The van der Waals surface area contributed by atoms with Gasteiger partial charge in [0.1, 0.15) is 0 Å². The molecule has 0 atom stereocenters. The largest absolute Gasteiger partial charge is 0.272 e. The van der Waals surface area contributed by atoms with Crippen molar-refractivity contribution in [3.8, 4) is 0 Å². The standard InChI is InChI=1S/C9H6ClN3O/c10-6-3-1-2-4-7(6)11-8-5-9(14)13-12-8/h1-4H,5H2. The predicted octanol–water partition coefficient (Wildman–Crippen LogP) is 2.75. The van der Waals surface area contributed by atoms with Crippen molar-refractivity contribution in [3.63, 3.8) is 0 Å². The van der Waals surface area contributed by atoms with E-state index < -0.39 is 0 Å². The zero-order valence-corrected chi connectivity index (χ0v) is 7.90. The van der Waals surface area contributed by atoms with Gasteiger partial charge in [-0.05, 0) is 12.1 Å². The minimum absolute atomic E-state index is 0.158. The molecule has 1 heterocycles. The van der Waals surface area contributed by atoms with Crippen LogP contribution in [0.1, 0.15) is 6.42 Å². The predicted molar refractivity (Wildman–Crippen MR) is 53.0 cm³/mol. The average Bonchev–Trinajstić information content (AvgIpc) is 2.56. The van der Waals surface area contributed by atoms with E-state index in [-0.39, 0.29) is 12.3 Å². The monoisotopic (exact) mass is 207 g/mol. The molecule has 1 amide bonds. The SMILES string of the molecule is O=C1CC(=Nc2ccccc2Cl)N=N1. The van der Waals surface area contributed by atoms with Crippen LogP contribution in [0.15, 0.2) is 39.5 Å². The highest BCUT2D eigenvalue weighted by molar-refractivity contribution is 6.33. The molecule has 70 valence electrons. The van der Waals surface area contributed by atoms with Crippen molar-refractivity contribution in [2.24, 2.45) is 15.2 Å². The summed E-state index contributed by atoms with van der Waals surface area (Å²) in [5.74, 6) is 0.138. The molecule has 2 rings (SSSR count). The first kappa shape index (κ1) is 9.02. The molecule has 0 bridgehead atoms. The molecule has 0 radical (unpaired) electrons. The fraction of sp³-hybridized carbons (Fsp3) is 0.111. The molecule has 1 aromatic carbocycles. The third-order valence-corrected chi connectivity index (χ3v) is 2.01. The number of para-hydroxylation sites is 1. The third kappa shape index (κ3) is 1.85. The topological polar surface area (TPSA) is 54.1 Å². The van der Waals surface area contributed by atoms with Crippen molar-refractivity contribution in [1.82, 2.24) is 0 Å². The van der Waals surface area contributed by atoms with Crippen LogP contribution in [0.25, 0.3) is 0 Å². The van der Waals surface area contributed by atoms with Gasteiger partial charge in [0.2, 0.25) is 0 Å². The summed E-state index contributed by atoms with van der Waals surface area (Å²) >= 11 is 5.87. The number of benzene rings is 1. The molecule has 1 aliphatic rings. The van der Waals surface area contributed by atoms with E-state index in [2.05, 4.69) is 15.2 Å². The molecule has 0 saturated carbocycles. The van der Waals surface area contributed by atoms with Crippen LogP contribution >= 0.6 is 11.6 Å². The Morgan fingerprint density at radius 1 is 1.29 bits per heavy atom. The fourth-order valence-electron chi connectivity index (χ4n) is 1.06. The highest BCUT2D eigenvalue weighted by Crippen LogP contribution is 2.24. The van der Waals surface area contributed by atoms with Crippen LogP contribution in [0.4, 0.5) is 5.69 Å². The van der Waals surface area contributed by atoms with Crippen LogP contribution in [-0.4, -0.2) is 11.7 Å². The Kier molecular flexibility index (Phi) is 2.37.